The molecule has 7 nitrogen and oxygen atoms in total. The molecular weight excluding hydrogens is 450 g/mol. The summed E-state index contributed by atoms with van der Waals surface area (Å²) in [6, 6.07) is 15.3. The molecule has 10 heteroatoms. The fourth-order valence-electron chi connectivity index (χ4n) is 3.13. The number of rotatable bonds is 6. The second-order valence-electron chi connectivity index (χ2n) is 7.12. The van der Waals surface area contributed by atoms with Crippen LogP contribution in [0.3, 0.4) is 0 Å². The van der Waals surface area contributed by atoms with Crippen LogP contribution in [0.2, 0.25) is 0 Å². The highest BCUT2D eigenvalue weighted by atomic mass is 32.2. The second kappa shape index (κ2) is 9.31. The monoisotopic (exact) mass is 470 g/mol. The molecule has 0 fully saturated rings. The Morgan fingerprint density at radius 1 is 0.970 bits per heavy atom. The van der Waals surface area contributed by atoms with E-state index < -0.39 is 27.6 Å². The molecule has 1 amide bonds. The number of primary sulfonamides is 1. The van der Waals surface area contributed by atoms with Crippen LogP contribution in [0.25, 0.3) is 16.7 Å². The summed E-state index contributed by atoms with van der Waals surface area (Å²) in [7, 11) is -4.09. The standard InChI is InChI=1S/C23H20F2N4O3S/c1-13(14-6-8-15(9-7-14)22(26)27)21(25)23(30)29-16-10-11-17(19(24)12-16)18-4-2-3-5-20(18)33(28,31)32/h2-12H,1H3,(H3,26,27)(H,29,30)(H2,28,31,32)/b21-13+. The van der Waals surface area contributed by atoms with E-state index in [-0.39, 0.29) is 33.1 Å². The summed E-state index contributed by atoms with van der Waals surface area (Å²) in [6.07, 6.45) is 0. The molecule has 170 valence electrons. The van der Waals surface area contributed by atoms with Gasteiger partial charge in [-0.25, -0.2) is 22.3 Å². The Hall–Kier alpha value is -3.89. The van der Waals surface area contributed by atoms with Gasteiger partial charge < -0.3 is 11.1 Å². The van der Waals surface area contributed by atoms with Crippen LogP contribution < -0.4 is 16.2 Å². The molecule has 0 saturated carbocycles. The lowest BCUT2D eigenvalue weighted by atomic mass is 10.0. The molecule has 0 spiro atoms. The minimum Gasteiger partial charge on any atom is -0.384 e. The topological polar surface area (TPSA) is 139 Å². The Labute approximate surface area is 189 Å². The van der Waals surface area contributed by atoms with Gasteiger partial charge in [-0.1, -0.05) is 42.5 Å². The summed E-state index contributed by atoms with van der Waals surface area (Å²) < 4.78 is 53.0. The summed E-state index contributed by atoms with van der Waals surface area (Å²) in [5, 5.41) is 14.9. The van der Waals surface area contributed by atoms with Crippen molar-refractivity contribution in [3.63, 3.8) is 0 Å². The second-order valence-corrected chi connectivity index (χ2v) is 8.65. The highest BCUT2D eigenvalue weighted by Crippen LogP contribution is 2.30. The molecule has 3 rings (SSSR count). The van der Waals surface area contributed by atoms with Crippen LogP contribution in [0.5, 0.6) is 0 Å². The molecule has 0 aliphatic heterocycles. The maximum Gasteiger partial charge on any atom is 0.284 e. The zero-order chi connectivity index (χ0) is 24.3. The molecule has 3 aromatic rings. The fourth-order valence-corrected chi connectivity index (χ4v) is 3.88. The van der Waals surface area contributed by atoms with Crippen molar-refractivity contribution in [1.29, 1.82) is 5.41 Å². The van der Waals surface area contributed by atoms with Gasteiger partial charge in [0.2, 0.25) is 10.0 Å². The lowest BCUT2D eigenvalue weighted by Crippen LogP contribution is -2.14. The van der Waals surface area contributed by atoms with E-state index in [0.29, 0.717) is 11.1 Å². The van der Waals surface area contributed by atoms with Crippen LogP contribution in [0.1, 0.15) is 18.1 Å². The molecule has 0 aromatic heterocycles. The minimum absolute atomic E-state index is 0.0239. The van der Waals surface area contributed by atoms with Crippen LogP contribution in [0, 0.1) is 11.2 Å². The van der Waals surface area contributed by atoms with Crippen molar-refractivity contribution in [3.8, 4) is 11.1 Å². The Morgan fingerprint density at radius 3 is 2.15 bits per heavy atom. The van der Waals surface area contributed by atoms with E-state index in [4.69, 9.17) is 16.3 Å². The first-order chi connectivity index (χ1) is 15.5. The number of anilines is 1. The highest BCUT2D eigenvalue weighted by molar-refractivity contribution is 7.89. The van der Waals surface area contributed by atoms with Crippen molar-refractivity contribution in [1.82, 2.24) is 0 Å². The first-order valence-corrected chi connectivity index (χ1v) is 11.1. The predicted molar refractivity (Wildman–Crippen MR) is 123 cm³/mol. The zero-order valence-corrected chi connectivity index (χ0v) is 18.2. The van der Waals surface area contributed by atoms with Gasteiger partial charge in [0.25, 0.3) is 5.91 Å². The third-order valence-electron chi connectivity index (χ3n) is 4.87. The van der Waals surface area contributed by atoms with E-state index in [1.54, 1.807) is 0 Å². The summed E-state index contributed by atoms with van der Waals surface area (Å²) in [5.74, 6) is -3.13. The van der Waals surface area contributed by atoms with Crippen molar-refractivity contribution in [2.75, 3.05) is 5.32 Å². The summed E-state index contributed by atoms with van der Waals surface area (Å²) in [5.41, 5.74) is 6.29. The van der Waals surface area contributed by atoms with Gasteiger partial charge in [-0.2, -0.15) is 0 Å². The van der Waals surface area contributed by atoms with Crippen LogP contribution in [-0.4, -0.2) is 20.2 Å². The maximum atomic E-state index is 14.8. The van der Waals surface area contributed by atoms with Gasteiger partial charge in [0.1, 0.15) is 11.7 Å². The van der Waals surface area contributed by atoms with Crippen molar-refractivity contribution in [3.05, 3.63) is 89.5 Å². The molecule has 0 bridgehead atoms. The SMILES string of the molecule is C/C(=C(\F)C(=O)Nc1ccc(-c2ccccc2S(N)(=O)=O)c(F)c1)c1ccc(C(=N)N)cc1. The van der Waals surface area contributed by atoms with E-state index >= 15 is 0 Å². The first-order valence-electron chi connectivity index (χ1n) is 9.53. The van der Waals surface area contributed by atoms with E-state index in [0.717, 1.165) is 6.07 Å². The van der Waals surface area contributed by atoms with Crippen molar-refractivity contribution in [2.45, 2.75) is 11.8 Å². The molecule has 0 aliphatic carbocycles. The van der Waals surface area contributed by atoms with Gasteiger partial charge in [0.05, 0.1) is 4.90 Å². The van der Waals surface area contributed by atoms with Gasteiger partial charge in [-0.15, -0.1) is 0 Å². The predicted octanol–water partition coefficient (Wildman–Crippen LogP) is 3.76. The number of hydrogen-bond acceptors (Lipinski definition) is 4. The number of amides is 1. The fraction of sp³-hybridized carbons (Fsp3) is 0.0435. The smallest absolute Gasteiger partial charge is 0.284 e. The average molecular weight is 471 g/mol. The first kappa shape index (κ1) is 23.8. The Bertz CT molecular complexity index is 1390. The number of halogens is 2. The molecule has 0 radical (unpaired) electrons. The van der Waals surface area contributed by atoms with Gasteiger partial charge >= 0.3 is 0 Å². The number of allylic oxidation sites excluding steroid dienone is 1. The largest absolute Gasteiger partial charge is 0.384 e. The maximum absolute atomic E-state index is 14.8. The third kappa shape index (κ3) is 5.30. The third-order valence-corrected chi connectivity index (χ3v) is 5.84. The molecule has 0 atom stereocenters. The number of nitrogen functional groups attached to an aromatic ring is 1. The molecule has 0 heterocycles. The van der Waals surface area contributed by atoms with Crippen molar-refractivity contribution >= 4 is 33.0 Å². The van der Waals surface area contributed by atoms with Gasteiger partial charge in [-0.05, 0) is 42.3 Å². The van der Waals surface area contributed by atoms with Crippen molar-refractivity contribution < 1.29 is 22.0 Å². The zero-order valence-electron chi connectivity index (χ0n) is 17.4. The van der Waals surface area contributed by atoms with Gasteiger partial charge in [0, 0.05) is 22.4 Å². The number of carbonyl (C=O) groups is 1. The quantitative estimate of drug-likeness (QED) is 0.247. The lowest BCUT2D eigenvalue weighted by molar-refractivity contribution is -0.114. The molecule has 33 heavy (non-hydrogen) atoms. The number of hydrogen-bond donors (Lipinski definition) is 4. The number of amidine groups is 1. The minimum atomic E-state index is -4.09. The van der Waals surface area contributed by atoms with Crippen LogP contribution in [0.15, 0.2) is 77.5 Å². The molecule has 0 aliphatic rings. The number of sulfonamides is 1. The van der Waals surface area contributed by atoms with Crippen molar-refractivity contribution in [2.24, 2.45) is 10.9 Å². The molecular formula is C23H20F2N4O3S. The molecule has 0 saturated heterocycles. The lowest BCUT2D eigenvalue weighted by Gasteiger charge is -2.11. The molecule has 3 aromatic carbocycles. The van der Waals surface area contributed by atoms with Crippen LogP contribution in [0.4, 0.5) is 14.5 Å². The van der Waals surface area contributed by atoms with Gasteiger partial charge in [-0.3, -0.25) is 10.2 Å². The Balaban J connectivity index is 1.86. The average Bonchev–Trinajstić information content (AvgIpc) is 2.77. The van der Waals surface area contributed by atoms with Crippen LogP contribution >= 0.6 is 0 Å². The number of nitrogens with two attached hydrogens (primary N) is 2. The number of benzene rings is 3. The Kier molecular flexibility index (Phi) is 6.70. The van der Waals surface area contributed by atoms with E-state index in [9.17, 15) is 22.0 Å². The Morgan fingerprint density at radius 2 is 1.58 bits per heavy atom. The summed E-state index contributed by atoms with van der Waals surface area (Å²) >= 11 is 0. The van der Waals surface area contributed by atoms with Gasteiger partial charge in [0.15, 0.2) is 5.83 Å². The molecule has 6 N–H and O–H groups in total. The normalized spacial score (nSPS) is 12.1. The number of carbonyl (C=O) groups excluding carboxylic acids is 1. The summed E-state index contributed by atoms with van der Waals surface area (Å²) in [4.78, 5) is 12.1. The number of nitrogens with one attached hydrogen (secondary N) is 2. The van der Waals surface area contributed by atoms with E-state index in [1.807, 2.05) is 0 Å². The van der Waals surface area contributed by atoms with E-state index in [1.165, 1.54) is 67.6 Å². The molecule has 0 unspecified atom stereocenters. The summed E-state index contributed by atoms with van der Waals surface area (Å²) in [6.45, 7) is 1.41. The van der Waals surface area contributed by atoms with E-state index in [2.05, 4.69) is 5.32 Å². The highest BCUT2D eigenvalue weighted by Gasteiger charge is 2.19. The van der Waals surface area contributed by atoms with Crippen LogP contribution in [-0.2, 0) is 14.8 Å².